The van der Waals surface area contributed by atoms with Gasteiger partial charge in [0, 0.05) is 4.47 Å². The Hall–Kier alpha value is -1.000. The summed E-state index contributed by atoms with van der Waals surface area (Å²) in [5.74, 6) is -0.578. The van der Waals surface area contributed by atoms with Crippen molar-refractivity contribution in [3.8, 4) is 0 Å². The molecule has 0 aliphatic rings. The summed E-state index contributed by atoms with van der Waals surface area (Å²) in [4.78, 5) is 11.0. The Morgan fingerprint density at radius 1 is 1.60 bits per heavy atom. The van der Waals surface area contributed by atoms with Gasteiger partial charge in [-0.05, 0) is 33.6 Å². The normalized spacial score (nSPS) is 11.3. The van der Waals surface area contributed by atoms with Crippen LogP contribution in [0.2, 0.25) is 5.02 Å². The Balaban J connectivity index is 3.08. The smallest absolute Gasteiger partial charge is 0.353 e. The van der Waals surface area contributed by atoms with Gasteiger partial charge in [0.1, 0.15) is 5.70 Å². The minimum absolute atomic E-state index is 0.0116. The van der Waals surface area contributed by atoms with Crippen LogP contribution >= 0.6 is 27.5 Å². The summed E-state index contributed by atoms with van der Waals surface area (Å²) in [7, 11) is 1.27. The number of methoxy groups -OCH3 is 1. The SMILES string of the molecule is COC(=O)/C(N)=C/c1cccc(Br)c1Cl. The fourth-order valence-electron chi connectivity index (χ4n) is 0.976. The summed E-state index contributed by atoms with van der Waals surface area (Å²) in [6.45, 7) is 0. The van der Waals surface area contributed by atoms with Gasteiger partial charge in [-0.1, -0.05) is 23.7 Å². The highest BCUT2D eigenvalue weighted by molar-refractivity contribution is 9.10. The molecule has 2 N–H and O–H groups in total. The molecule has 0 aromatic heterocycles. The summed E-state index contributed by atoms with van der Waals surface area (Å²) < 4.78 is 5.21. The average Bonchev–Trinajstić information content (AvgIpc) is 2.23. The molecule has 0 radical (unpaired) electrons. The van der Waals surface area contributed by atoms with Gasteiger partial charge in [0.2, 0.25) is 0 Å². The van der Waals surface area contributed by atoms with Crippen LogP contribution in [0.5, 0.6) is 0 Å². The van der Waals surface area contributed by atoms with Crippen LogP contribution in [0.4, 0.5) is 0 Å². The van der Waals surface area contributed by atoms with Gasteiger partial charge < -0.3 is 10.5 Å². The number of ether oxygens (including phenoxy) is 1. The van der Waals surface area contributed by atoms with Crippen LogP contribution in [0.1, 0.15) is 5.56 Å². The van der Waals surface area contributed by atoms with E-state index in [0.717, 1.165) is 4.47 Å². The quantitative estimate of drug-likeness (QED) is 0.673. The van der Waals surface area contributed by atoms with Crippen molar-refractivity contribution in [2.75, 3.05) is 7.11 Å². The predicted octanol–water partition coefficient (Wildman–Crippen LogP) is 2.58. The summed E-state index contributed by atoms with van der Waals surface area (Å²) in [5, 5.41) is 0.504. The van der Waals surface area contributed by atoms with Gasteiger partial charge >= 0.3 is 5.97 Å². The zero-order valence-electron chi connectivity index (χ0n) is 7.96. The number of halogens is 2. The molecule has 1 aromatic carbocycles. The number of benzene rings is 1. The molecule has 0 aliphatic carbocycles. The first-order valence-electron chi connectivity index (χ1n) is 4.05. The highest BCUT2D eigenvalue weighted by Gasteiger charge is 2.07. The van der Waals surface area contributed by atoms with Crippen molar-refractivity contribution in [1.82, 2.24) is 0 Å². The number of carbonyl (C=O) groups is 1. The molecule has 0 amide bonds. The Kier molecular flexibility index (Phi) is 4.17. The molecule has 0 fully saturated rings. The van der Waals surface area contributed by atoms with E-state index >= 15 is 0 Å². The van der Waals surface area contributed by atoms with E-state index in [1.807, 2.05) is 0 Å². The van der Waals surface area contributed by atoms with E-state index in [4.69, 9.17) is 17.3 Å². The van der Waals surface area contributed by atoms with Gasteiger partial charge in [0.25, 0.3) is 0 Å². The van der Waals surface area contributed by atoms with Crippen molar-refractivity contribution in [3.05, 3.63) is 39.0 Å². The van der Waals surface area contributed by atoms with E-state index in [0.29, 0.717) is 10.6 Å². The molecule has 0 saturated carbocycles. The molecule has 0 spiro atoms. The fourth-order valence-corrected chi connectivity index (χ4v) is 1.54. The molecular weight excluding hydrogens is 281 g/mol. The Labute approximate surface area is 101 Å². The van der Waals surface area contributed by atoms with Crippen LogP contribution in [0, 0.1) is 0 Å². The minimum Gasteiger partial charge on any atom is -0.464 e. The van der Waals surface area contributed by atoms with E-state index in [9.17, 15) is 4.79 Å². The lowest BCUT2D eigenvalue weighted by Crippen LogP contribution is -2.12. The molecule has 0 aliphatic heterocycles. The fraction of sp³-hybridized carbons (Fsp3) is 0.100. The van der Waals surface area contributed by atoms with Crippen molar-refractivity contribution in [1.29, 1.82) is 0 Å². The van der Waals surface area contributed by atoms with Crippen LogP contribution in [-0.4, -0.2) is 13.1 Å². The first-order chi connectivity index (χ1) is 7.06. The summed E-state index contributed by atoms with van der Waals surface area (Å²) in [5.41, 5.74) is 6.16. The van der Waals surface area contributed by atoms with E-state index in [1.54, 1.807) is 18.2 Å². The minimum atomic E-state index is -0.578. The number of hydrogen-bond donors (Lipinski definition) is 1. The van der Waals surface area contributed by atoms with E-state index in [1.165, 1.54) is 13.2 Å². The zero-order chi connectivity index (χ0) is 11.4. The third-order valence-corrected chi connectivity index (χ3v) is 3.02. The van der Waals surface area contributed by atoms with Gasteiger partial charge in [-0.3, -0.25) is 0 Å². The van der Waals surface area contributed by atoms with Crippen LogP contribution in [0.15, 0.2) is 28.4 Å². The average molecular weight is 291 g/mol. The van der Waals surface area contributed by atoms with Crippen molar-refractivity contribution < 1.29 is 9.53 Å². The summed E-state index contributed by atoms with van der Waals surface area (Å²) >= 11 is 9.26. The molecule has 3 nitrogen and oxygen atoms in total. The first kappa shape index (κ1) is 12.1. The predicted molar refractivity (Wildman–Crippen MR) is 63.3 cm³/mol. The lowest BCUT2D eigenvalue weighted by Gasteiger charge is -2.02. The van der Waals surface area contributed by atoms with Gasteiger partial charge in [-0.2, -0.15) is 0 Å². The van der Waals surface area contributed by atoms with Gasteiger partial charge in [-0.25, -0.2) is 4.79 Å². The van der Waals surface area contributed by atoms with Crippen molar-refractivity contribution in [2.24, 2.45) is 5.73 Å². The highest BCUT2D eigenvalue weighted by Crippen LogP contribution is 2.27. The maximum absolute atomic E-state index is 11.0. The third-order valence-electron chi connectivity index (χ3n) is 1.71. The second kappa shape index (κ2) is 5.19. The van der Waals surface area contributed by atoms with E-state index in [2.05, 4.69) is 20.7 Å². The topological polar surface area (TPSA) is 52.3 Å². The summed E-state index contributed by atoms with van der Waals surface area (Å²) in [6.07, 6.45) is 1.47. The molecule has 0 unspecified atom stereocenters. The standard InChI is InChI=1S/C10H9BrClNO2/c1-15-10(14)8(13)5-6-3-2-4-7(11)9(6)12/h2-5H,13H2,1H3/b8-5-. The molecule has 0 atom stereocenters. The lowest BCUT2D eigenvalue weighted by atomic mass is 10.2. The molecule has 0 saturated heterocycles. The summed E-state index contributed by atoms with van der Waals surface area (Å²) in [6, 6.07) is 5.35. The lowest BCUT2D eigenvalue weighted by molar-refractivity contribution is -0.136. The zero-order valence-corrected chi connectivity index (χ0v) is 10.3. The number of esters is 1. The van der Waals surface area contributed by atoms with Crippen LogP contribution in [-0.2, 0) is 9.53 Å². The number of hydrogen-bond acceptors (Lipinski definition) is 3. The van der Waals surface area contributed by atoms with Crippen molar-refractivity contribution in [3.63, 3.8) is 0 Å². The Morgan fingerprint density at radius 3 is 2.87 bits per heavy atom. The molecule has 1 aromatic rings. The maximum atomic E-state index is 11.0. The molecule has 0 heterocycles. The molecule has 1 rings (SSSR count). The number of nitrogens with two attached hydrogens (primary N) is 1. The second-order valence-electron chi connectivity index (χ2n) is 2.73. The highest BCUT2D eigenvalue weighted by atomic mass is 79.9. The van der Waals surface area contributed by atoms with Gasteiger partial charge in [0.05, 0.1) is 12.1 Å². The largest absolute Gasteiger partial charge is 0.464 e. The molecule has 80 valence electrons. The van der Waals surface area contributed by atoms with Crippen LogP contribution in [0.25, 0.3) is 6.08 Å². The van der Waals surface area contributed by atoms with Crippen LogP contribution < -0.4 is 5.73 Å². The maximum Gasteiger partial charge on any atom is 0.353 e. The van der Waals surface area contributed by atoms with Crippen molar-refractivity contribution in [2.45, 2.75) is 0 Å². The number of carbonyl (C=O) groups excluding carboxylic acids is 1. The van der Waals surface area contributed by atoms with Gasteiger partial charge in [0.15, 0.2) is 0 Å². The monoisotopic (exact) mass is 289 g/mol. The molecule has 15 heavy (non-hydrogen) atoms. The van der Waals surface area contributed by atoms with Crippen molar-refractivity contribution >= 4 is 39.6 Å². The Bertz CT molecular complexity index is 418. The second-order valence-corrected chi connectivity index (χ2v) is 3.97. The molecule has 0 bridgehead atoms. The van der Waals surface area contributed by atoms with Crippen LogP contribution in [0.3, 0.4) is 0 Å². The number of rotatable bonds is 2. The Morgan fingerprint density at radius 2 is 2.27 bits per heavy atom. The van der Waals surface area contributed by atoms with E-state index in [-0.39, 0.29) is 5.70 Å². The first-order valence-corrected chi connectivity index (χ1v) is 5.23. The molecule has 5 heteroatoms. The van der Waals surface area contributed by atoms with Gasteiger partial charge in [-0.15, -0.1) is 0 Å². The van der Waals surface area contributed by atoms with E-state index < -0.39 is 5.97 Å². The third kappa shape index (κ3) is 2.97. The molecular formula is C10H9BrClNO2.